The molecule has 1 amide bonds. The smallest absolute Gasteiger partial charge is 0.241 e. The Balaban J connectivity index is 2.10. The first-order valence-electron chi connectivity index (χ1n) is 8.52. The van der Waals surface area contributed by atoms with Gasteiger partial charge in [0.25, 0.3) is 0 Å². The number of rotatable bonds is 9. The molecule has 28 heavy (non-hydrogen) atoms. The number of carbonyl (C=O) groups is 1. The molecule has 0 radical (unpaired) electrons. The van der Waals surface area contributed by atoms with Gasteiger partial charge in [-0.2, -0.15) is 16.5 Å². The molecule has 0 aliphatic heterocycles. The zero-order valence-electron chi connectivity index (χ0n) is 15.5. The molecule has 0 spiro atoms. The van der Waals surface area contributed by atoms with Crippen LogP contribution in [0.15, 0.2) is 47.4 Å². The number of nitrogens with one attached hydrogen (secondary N) is 2. The van der Waals surface area contributed by atoms with E-state index in [0.29, 0.717) is 27.8 Å². The molecular weight excluding hydrogens is 439 g/mol. The van der Waals surface area contributed by atoms with Crippen molar-refractivity contribution in [3.63, 3.8) is 0 Å². The van der Waals surface area contributed by atoms with Crippen molar-refractivity contribution in [1.82, 2.24) is 10.0 Å². The first kappa shape index (κ1) is 23.0. The fraction of sp³-hybridized carbons (Fsp3) is 0.316. The van der Waals surface area contributed by atoms with Crippen molar-refractivity contribution in [2.24, 2.45) is 0 Å². The predicted octanol–water partition coefficient (Wildman–Crippen LogP) is 4.02. The lowest BCUT2D eigenvalue weighted by Gasteiger charge is -2.18. The van der Waals surface area contributed by atoms with Gasteiger partial charge in [0.15, 0.2) is 0 Å². The second-order valence-corrected chi connectivity index (χ2v) is 9.77. The normalized spacial score (nSPS) is 12.6. The Labute approximate surface area is 180 Å². The molecular formula is C19H22Cl2N2O3S2. The minimum absolute atomic E-state index is 0.126. The first-order chi connectivity index (χ1) is 13.2. The van der Waals surface area contributed by atoms with Gasteiger partial charge in [0, 0.05) is 16.6 Å². The number of benzene rings is 2. The molecule has 2 N–H and O–H groups in total. The van der Waals surface area contributed by atoms with E-state index in [4.69, 9.17) is 23.2 Å². The minimum Gasteiger partial charge on any atom is -0.351 e. The highest BCUT2D eigenvalue weighted by Gasteiger charge is 2.25. The monoisotopic (exact) mass is 460 g/mol. The van der Waals surface area contributed by atoms with E-state index in [0.717, 1.165) is 5.56 Å². The summed E-state index contributed by atoms with van der Waals surface area (Å²) in [5, 5.41) is 3.69. The highest BCUT2D eigenvalue weighted by Crippen LogP contribution is 2.21. The summed E-state index contributed by atoms with van der Waals surface area (Å²) in [7, 11) is -3.81. The number of carbonyl (C=O) groups excluding carboxylic acids is 1. The van der Waals surface area contributed by atoms with E-state index in [1.54, 1.807) is 30.3 Å². The van der Waals surface area contributed by atoms with Gasteiger partial charge in [-0.05, 0) is 55.2 Å². The van der Waals surface area contributed by atoms with E-state index in [1.165, 1.54) is 23.9 Å². The standard InChI is InChI=1S/C19H22Cl2N2O3S2/c1-13-3-7-16(8-4-13)28(25,26)23-18(9-10-27-2)19(24)22-12-14-5-6-15(20)11-17(14)21/h3-8,11,18,23H,9-10,12H2,1-2H3,(H,22,24). The third-order valence-corrected chi connectivity index (χ3v) is 6.74. The maximum absolute atomic E-state index is 12.7. The summed E-state index contributed by atoms with van der Waals surface area (Å²) < 4.78 is 27.8. The van der Waals surface area contributed by atoms with Crippen molar-refractivity contribution < 1.29 is 13.2 Å². The van der Waals surface area contributed by atoms with Gasteiger partial charge in [0.1, 0.15) is 6.04 Å². The fourth-order valence-electron chi connectivity index (χ4n) is 2.42. The first-order valence-corrected chi connectivity index (χ1v) is 12.2. The fourth-order valence-corrected chi connectivity index (χ4v) is 4.60. The zero-order valence-corrected chi connectivity index (χ0v) is 18.7. The number of thioether (sulfide) groups is 1. The molecule has 152 valence electrons. The lowest BCUT2D eigenvalue weighted by Crippen LogP contribution is -2.46. The lowest BCUT2D eigenvalue weighted by molar-refractivity contribution is -0.122. The Morgan fingerprint density at radius 1 is 1.14 bits per heavy atom. The molecule has 1 unspecified atom stereocenters. The topological polar surface area (TPSA) is 75.3 Å². The van der Waals surface area contributed by atoms with Crippen LogP contribution in [-0.2, 0) is 21.4 Å². The second kappa shape index (κ2) is 10.5. The van der Waals surface area contributed by atoms with Crippen LogP contribution in [0.25, 0.3) is 0 Å². The van der Waals surface area contributed by atoms with Crippen LogP contribution >= 0.6 is 35.0 Å². The summed E-state index contributed by atoms with van der Waals surface area (Å²) in [6.07, 6.45) is 2.27. The molecule has 9 heteroatoms. The van der Waals surface area contributed by atoms with Crippen LogP contribution in [-0.4, -0.2) is 32.4 Å². The molecule has 0 aromatic heterocycles. The van der Waals surface area contributed by atoms with Crippen molar-refractivity contribution in [3.05, 3.63) is 63.6 Å². The van der Waals surface area contributed by atoms with Gasteiger partial charge < -0.3 is 5.32 Å². The van der Waals surface area contributed by atoms with Crippen molar-refractivity contribution in [2.75, 3.05) is 12.0 Å². The van der Waals surface area contributed by atoms with Crippen LogP contribution in [0, 0.1) is 6.92 Å². The van der Waals surface area contributed by atoms with Crippen LogP contribution in [0.4, 0.5) is 0 Å². The van der Waals surface area contributed by atoms with Crippen LogP contribution in [0.3, 0.4) is 0 Å². The number of halogens is 2. The Morgan fingerprint density at radius 3 is 2.43 bits per heavy atom. The van der Waals surface area contributed by atoms with E-state index in [1.807, 2.05) is 13.2 Å². The van der Waals surface area contributed by atoms with Crippen molar-refractivity contribution in [2.45, 2.75) is 30.8 Å². The summed E-state index contributed by atoms with van der Waals surface area (Å²) in [6, 6.07) is 10.6. The summed E-state index contributed by atoms with van der Waals surface area (Å²) in [5.74, 6) is 0.228. The molecule has 0 fully saturated rings. The van der Waals surface area contributed by atoms with Crippen LogP contribution in [0.5, 0.6) is 0 Å². The average Bonchev–Trinajstić information content (AvgIpc) is 2.64. The largest absolute Gasteiger partial charge is 0.351 e. The van der Waals surface area contributed by atoms with E-state index >= 15 is 0 Å². The van der Waals surface area contributed by atoms with Gasteiger partial charge >= 0.3 is 0 Å². The Bertz CT molecular complexity index is 919. The number of hydrogen-bond donors (Lipinski definition) is 2. The quantitative estimate of drug-likeness (QED) is 0.592. The molecule has 1 atom stereocenters. The molecule has 0 aliphatic carbocycles. The third kappa shape index (κ3) is 6.67. The Morgan fingerprint density at radius 2 is 1.82 bits per heavy atom. The molecule has 2 rings (SSSR count). The lowest BCUT2D eigenvalue weighted by atomic mass is 10.2. The van der Waals surface area contributed by atoms with Crippen molar-refractivity contribution in [3.8, 4) is 0 Å². The van der Waals surface area contributed by atoms with Gasteiger partial charge in [0.2, 0.25) is 15.9 Å². The number of aryl methyl sites for hydroxylation is 1. The molecule has 0 heterocycles. The molecule has 2 aromatic rings. The van der Waals surface area contributed by atoms with Gasteiger partial charge in [-0.1, -0.05) is 47.0 Å². The van der Waals surface area contributed by atoms with Gasteiger partial charge in [-0.15, -0.1) is 0 Å². The third-order valence-electron chi connectivity index (χ3n) is 4.02. The van der Waals surface area contributed by atoms with E-state index in [9.17, 15) is 13.2 Å². The van der Waals surface area contributed by atoms with Gasteiger partial charge in [0.05, 0.1) is 4.90 Å². The molecule has 5 nitrogen and oxygen atoms in total. The van der Waals surface area contributed by atoms with Crippen LogP contribution in [0.1, 0.15) is 17.5 Å². The maximum Gasteiger partial charge on any atom is 0.241 e. The van der Waals surface area contributed by atoms with Crippen LogP contribution in [0.2, 0.25) is 10.0 Å². The highest BCUT2D eigenvalue weighted by atomic mass is 35.5. The van der Waals surface area contributed by atoms with Crippen molar-refractivity contribution >= 4 is 50.9 Å². The minimum atomic E-state index is -3.81. The molecule has 0 bridgehead atoms. The summed E-state index contributed by atoms with van der Waals surface area (Å²) in [4.78, 5) is 12.8. The number of hydrogen-bond acceptors (Lipinski definition) is 4. The zero-order chi connectivity index (χ0) is 20.7. The summed E-state index contributed by atoms with van der Waals surface area (Å²) >= 11 is 13.5. The molecule has 0 saturated carbocycles. The van der Waals surface area contributed by atoms with Crippen LogP contribution < -0.4 is 10.0 Å². The van der Waals surface area contributed by atoms with E-state index in [-0.39, 0.29) is 11.4 Å². The number of amides is 1. The number of sulfonamides is 1. The van der Waals surface area contributed by atoms with E-state index in [2.05, 4.69) is 10.0 Å². The second-order valence-electron chi connectivity index (χ2n) is 6.22. The molecule has 2 aromatic carbocycles. The average molecular weight is 461 g/mol. The van der Waals surface area contributed by atoms with Gasteiger partial charge in [-0.3, -0.25) is 4.79 Å². The Hall–Kier alpha value is -1.25. The van der Waals surface area contributed by atoms with Crippen molar-refractivity contribution in [1.29, 1.82) is 0 Å². The van der Waals surface area contributed by atoms with Gasteiger partial charge in [-0.25, -0.2) is 8.42 Å². The Kier molecular flexibility index (Phi) is 8.64. The predicted molar refractivity (Wildman–Crippen MR) is 117 cm³/mol. The molecule has 0 saturated heterocycles. The maximum atomic E-state index is 12.7. The molecule has 0 aliphatic rings. The summed E-state index contributed by atoms with van der Waals surface area (Å²) in [6.45, 7) is 2.05. The van der Waals surface area contributed by atoms with E-state index < -0.39 is 22.0 Å². The SMILES string of the molecule is CSCCC(NS(=O)(=O)c1ccc(C)cc1)C(=O)NCc1ccc(Cl)cc1Cl. The summed E-state index contributed by atoms with van der Waals surface area (Å²) in [5.41, 5.74) is 1.65. The highest BCUT2D eigenvalue weighted by molar-refractivity contribution is 7.98.